The van der Waals surface area contributed by atoms with E-state index in [1.54, 1.807) is 0 Å². The fourth-order valence-corrected chi connectivity index (χ4v) is 1.19. The van der Waals surface area contributed by atoms with E-state index < -0.39 is 42.8 Å². The number of aromatic nitrogens is 4. The quantitative estimate of drug-likeness (QED) is 0.309. The maximum atomic E-state index is 11.5. The molecule has 114 valence electrons. The molecule has 0 spiro atoms. The van der Waals surface area contributed by atoms with Gasteiger partial charge in [-0.25, -0.2) is 0 Å². The Morgan fingerprint density at radius 2 is 1.55 bits per heavy atom. The summed E-state index contributed by atoms with van der Waals surface area (Å²) in [6.45, 7) is 0. The SMILES string of the molecule is O=[N+]([O-])c1cn(N=[N+]([O-])c2nonc2[N+](=O)[O-])nc1[N+](=O)[O-]. The summed E-state index contributed by atoms with van der Waals surface area (Å²) >= 11 is 0. The highest BCUT2D eigenvalue weighted by Crippen LogP contribution is 2.25. The van der Waals surface area contributed by atoms with Gasteiger partial charge in [-0.05, 0) is 9.85 Å². The fraction of sp³-hybridized carbons (Fsp3) is 0. The normalized spacial score (nSPS) is 11.4. The Hall–Kier alpha value is -4.05. The predicted octanol–water partition coefficient (Wildman–Crippen LogP) is 0.0480. The van der Waals surface area contributed by atoms with E-state index in [-0.39, 0.29) is 4.79 Å². The average molecular weight is 315 g/mol. The molecule has 0 aromatic carbocycles. The van der Waals surface area contributed by atoms with Crippen molar-refractivity contribution in [2.75, 3.05) is 0 Å². The first-order valence-electron chi connectivity index (χ1n) is 4.86. The van der Waals surface area contributed by atoms with Crippen molar-refractivity contribution in [2.24, 2.45) is 5.22 Å². The van der Waals surface area contributed by atoms with Crippen LogP contribution in [0.15, 0.2) is 16.0 Å². The Morgan fingerprint density at radius 1 is 0.955 bits per heavy atom. The summed E-state index contributed by atoms with van der Waals surface area (Å²) in [4.78, 5) is 28.0. The van der Waals surface area contributed by atoms with E-state index in [1.165, 1.54) is 0 Å². The molecule has 0 aliphatic carbocycles. The second-order valence-electron chi connectivity index (χ2n) is 3.30. The minimum absolute atomic E-state index is 0.182. The highest BCUT2D eigenvalue weighted by molar-refractivity contribution is 5.44. The first-order chi connectivity index (χ1) is 10.3. The van der Waals surface area contributed by atoms with Crippen molar-refractivity contribution in [1.82, 2.24) is 20.2 Å². The third-order valence-corrected chi connectivity index (χ3v) is 2.02. The van der Waals surface area contributed by atoms with Crippen molar-refractivity contribution in [3.8, 4) is 0 Å². The summed E-state index contributed by atoms with van der Waals surface area (Å²) in [7, 11) is 0. The van der Waals surface area contributed by atoms with Crippen LogP contribution in [0, 0.1) is 35.6 Å². The molecule has 2 heterocycles. The van der Waals surface area contributed by atoms with Gasteiger partial charge in [0.2, 0.25) is 11.4 Å². The molecule has 0 aliphatic rings. The smallest absolute Gasteiger partial charge is 0.496 e. The first kappa shape index (κ1) is 14.4. The van der Waals surface area contributed by atoms with Crippen LogP contribution in [-0.4, -0.2) is 39.8 Å². The van der Waals surface area contributed by atoms with Crippen molar-refractivity contribution < 1.29 is 24.3 Å². The summed E-state index contributed by atoms with van der Waals surface area (Å²) in [6, 6.07) is 0. The molecule has 0 saturated heterocycles. The van der Waals surface area contributed by atoms with Crippen molar-refractivity contribution in [3.05, 3.63) is 41.7 Å². The Balaban J connectivity index is 2.46. The summed E-state index contributed by atoms with van der Waals surface area (Å²) < 4.78 is 3.98. The minimum atomic E-state index is -1.17. The zero-order valence-electron chi connectivity index (χ0n) is 9.87. The number of rotatable bonds is 5. The van der Waals surface area contributed by atoms with E-state index >= 15 is 0 Å². The van der Waals surface area contributed by atoms with Crippen molar-refractivity contribution in [1.29, 1.82) is 0 Å². The second kappa shape index (κ2) is 5.15. The lowest BCUT2D eigenvalue weighted by Gasteiger charge is -1.97. The molecule has 0 saturated carbocycles. The third-order valence-electron chi connectivity index (χ3n) is 2.02. The maximum absolute atomic E-state index is 11.5. The van der Waals surface area contributed by atoms with Gasteiger partial charge in [-0.15, -0.1) is 4.86 Å². The molecule has 0 unspecified atom stereocenters. The Kier molecular flexibility index (Phi) is 3.36. The topological polar surface area (TPSA) is 225 Å². The molecule has 0 N–H and O–H groups in total. The standard InChI is InChI=1S/C5HN9O8/c15-11(4-5(14(20)21)8-22-7-4)9-10-1-2(12(16)17)3(6-10)13(18)19/h1H. The first-order valence-corrected chi connectivity index (χ1v) is 4.86. The van der Waals surface area contributed by atoms with Gasteiger partial charge in [0.05, 0.1) is 14.9 Å². The molecule has 0 fully saturated rings. The minimum Gasteiger partial charge on any atom is -0.721 e. The lowest BCUT2D eigenvalue weighted by molar-refractivity contribution is -0.469. The summed E-state index contributed by atoms with van der Waals surface area (Å²) in [5.41, 5.74) is -1.03. The molecule has 2 rings (SSSR count). The van der Waals surface area contributed by atoms with E-state index in [4.69, 9.17) is 0 Å². The Bertz CT molecular complexity index is 771. The van der Waals surface area contributed by atoms with Gasteiger partial charge in [-0.3, -0.25) is 10.1 Å². The molecule has 17 nitrogen and oxygen atoms in total. The molecule has 0 bridgehead atoms. The van der Waals surface area contributed by atoms with Gasteiger partial charge in [0.1, 0.15) is 5.16 Å². The molecule has 0 atom stereocenters. The molecule has 22 heavy (non-hydrogen) atoms. The van der Waals surface area contributed by atoms with Crippen LogP contribution in [0.1, 0.15) is 0 Å². The highest BCUT2D eigenvalue weighted by atomic mass is 16.7. The summed E-state index contributed by atoms with van der Waals surface area (Å²) in [5.74, 6) is -3.23. The van der Waals surface area contributed by atoms with Crippen LogP contribution >= 0.6 is 0 Å². The molecule has 0 radical (unpaired) electrons. The monoisotopic (exact) mass is 315 g/mol. The van der Waals surface area contributed by atoms with Crippen LogP contribution < -0.4 is 0 Å². The average Bonchev–Trinajstić information content (AvgIpc) is 3.04. The number of hydrogen-bond acceptors (Lipinski definition) is 12. The van der Waals surface area contributed by atoms with Crippen LogP contribution in [0.4, 0.5) is 23.1 Å². The van der Waals surface area contributed by atoms with Gasteiger partial charge >= 0.3 is 23.1 Å². The van der Waals surface area contributed by atoms with Crippen molar-refractivity contribution in [3.63, 3.8) is 0 Å². The van der Waals surface area contributed by atoms with E-state index in [0.717, 1.165) is 0 Å². The second-order valence-corrected chi connectivity index (χ2v) is 3.30. The predicted molar refractivity (Wildman–Crippen MR) is 57.6 cm³/mol. The molecule has 0 aliphatic heterocycles. The van der Waals surface area contributed by atoms with Crippen LogP contribution in [0.5, 0.6) is 0 Å². The summed E-state index contributed by atoms with van der Waals surface area (Å²) in [5, 5.41) is 55.0. The van der Waals surface area contributed by atoms with Gasteiger partial charge in [-0.1, -0.05) is 4.63 Å². The van der Waals surface area contributed by atoms with Gasteiger partial charge in [-0.2, -0.15) is 0 Å². The molecular formula is C5HN9O8. The summed E-state index contributed by atoms with van der Waals surface area (Å²) in [6.07, 6.45) is 0.461. The third kappa shape index (κ3) is 2.48. The maximum Gasteiger partial charge on any atom is 0.496 e. The van der Waals surface area contributed by atoms with E-state index in [1.807, 2.05) is 0 Å². The zero-order valence-corrected chi connectivity index (χ0v) is 9.87. The van der Waals surface area contributed by atoms with Crippen LogP contribution in [0.3, 0.4) is 0 Å². The van der Waals surface area contributed by atoms with Gasteiger partial charge in [0.25, 0.3) is 0 Å². The largest absolute Gasteiger partial charge is 0.721 e. The van der Waals surface area contributed by atoms with Gasteiger partial charge < -0.3 is 25.4 Å². The van der Waals surface area contributed by atoms with Crippen molar-refractivity contribution >= 4 is 23.1 Å². The zero-order chi connectivity index (χ0) is 16.4. The van der Waals surface area contributed by atoms with Crippen LogP contribution in [0.25, 0.3) is 0 Å². The Labute approximate surface area is 116 Å². The molecule has 2 aromatic rings. The molecule has 17 heteroatoms. The van der Waals surface area contributed by atoms with Gasteiger partial charge in [0.15, 0.2) is 5.10 Å². The Morgan fingerprint density at radius 3 is 2.05 bits per heavy atom. The fourth-order valence-electron chi connectivity index (χ4n) is 1.19. The number of hydrogen-bond donors (Lipinski definition) is 0. The lowest BCUT2D eigenvalue weighted by atomic mass is 10.5. The molecule has 0 amide bonds. The molecule has 2 aromatic heterocycles. The van der Waals surface area contributed by atoms with E-state index in [0.29, 0.717) is 6.20 Å². The van der Waals surface area contributed by atoms with Crippen LogP contribution in [-0.2, 0) is 0 Å². The van der Waals surface area contributed by atoms with E-state index in [9.17, 15) is 35.6 Å². The van der Waals surface area contributed by atoms with Crippen molar-refractivity contribution in [2.45, 2.75) is 0 Å². The highest BCUT2D eigenvalue weighted by Gasteiger charge is 2.35. The van der Waals surface area contributed by atoms with Gasteiger partial charge in [0, 0.05) is 0 Å². The lowest BCUT2D eigenvalue weighted by Crippen LogP contribution is -2.02. The van der Waals surface area contributed by atoms with Crippen LogP contribution in [0.2, 0.25) is 0 Å². The van der Waals surface area contributed by atoms with E-state index in [2.05, 4.69) is 25.3 Å². The molecular weight excluding hydrogens is 314 g/mol. The number of nitrogens with zero attached hydrogens (tertiary/aromatic N) is 9. The number of nitro groups is 3.